The second-order valence-corrected chi connectivity index (χ2v) is 12.4. The minimum atomic E-state index is -0.241. The summed E-state index contributed by atoms with van der Waals surface area (Å²) in [6.45, 7) is 5.11. The maximum atomic E-state index is 13.8. The molecule has 0 atom stereocenters. The Morgan fingerprint density at radius 3 is 2.73 bits per heavy atom. The van der Waals surface area contributed by atoms with Gasteiger partial charge in [0.05, 0.1) is 43.8 Å². The third-order valence-electron chi connectivity index (χ3n) is 9.74. The zero-order valence-corrected chi connectivity index (χ0v) is 25.0. The van der Waals surface area contributed by atoms with E-state index in [4.69, 9.17) is 9.84 Å². The van der Waals surface area contributed by atoms with E-state index in [2.05, 4.69) is 20.9 Å². The molecule has 0 spiro atoms. The molecule has 11 heteroatoms. The van der Waals surface area contributed by atoms with Crippen molar-refractivity contribution in [3.8, 4) is 11.1 Å². The van der Waals surface area contributed by atoms with E-state index in [0.29, 0.717) is 35.3 Å². The Bertz CT molecular complexity index is 1830. The molecule has 4 aromatic rings. The molecule has 11 nitrogen and oxygen atoms in total. The van der Waals surface area contributed by atoms with Crippen LogP contribution in [0.15, 0.2) is 47.4 Å². The molecule has 1 aromatic carbocycles. The third kappa shape index (κ3) is 4.49. The van der Waals surface area contributed by atoms with Crippen LogP contribution in [-0.2, 0) is 50.9 Å². The van der Waals surface area contributed by atoms with Crippen molar-refractivity contribution in [1.82, 2.24) is 23.8 Å². The number of carbonyl (C=O) groups excluding carboxylic acids is 1. The fourth-order valence-electron chi connectivity index (χ4n) is 7.31. The summed E-state index contributed by atoms with van der Waals surface area (Å²) in [5.41, 5.74) is 7.58. The molecule has 2 N–H and O–H groups in total. The maximum absolute atomic E-state index is 13.8. The number of amides is 1. The Morgan fingerprint density at radius 2 is 1.91 bits per heavy atom. The molecule has 0 radical (unpaired) electrons. The topological polar surface area (TPSA) is 110 Å². The number of aliphatic hydroxyl groups excluding tert-OH is 1. The molecule has 44 heavy (non-hydrogen) atoms. The number of ether oxygens (including phenoxy) is 1. The van der Waals surface area contributed by atoms with Crippen LogP contribution in [0.2, 0.25) is 0 Å². The predicted octanol–water partition coefficient (Wildman–Crippen LogP) is 3.04. The number of rotatable bonds is 6. The highest BCUT2D eigenvalue weighted by Crippen LogP contribution is 2.36. The number of nitrogens with zero attached hydrogens (tertiary/aromatic N) is 6. The van der Waals surface area contributed by atoms with Crippen molar-refractivity contribution in [2.75, 3.05) is 36.5 Å². The lowest BCUT2D eigenvalue weighted by atomic mass is 9.98. The lowest BCUT2D eigenvalue weighted by Gasteiger charge is -2.39. The van der Waals surface area contributed by atoms with E-state index < -0.39 is 0 Å². The van der Waals surface area contributed by atoms with Crippen molar-refractivity contribution < 1.29 is 14.6 Å². The first-order chi connectivity index (χ1) is 21.5. The van der Waals surface area contributed by atoms with Gasteiger partial charge in [-0.2, -0.15) is 5.10 Å². The Balaban J connectivity index is 1.10. The van der Waals surface area contributed by atoms with Crippen LogP contribution in [0.1, 0.15) is 45.8 Å². The summed E-state index contributed by atoms with van der Waals surface area (Å²) in [5.74, 6) is 0.592. The van der Waals surface area contributed by atoms with Crippen LogP contribution >= 0.6 is 0 Å². The first-order valence-corrected chi connectivity index (χ1v) is 15.6. The number of pyridine rings is 1. The van der Waals surface area contributed by atoms with Gasteiger partial charge in [0.2, 0.25) is 0 Å². The van der Waals surface area contributed by atoms with Gasteiger partial charge in [-0.25, -0.2) is 0 Å². The van der Waals surface area contributed by atoms with Crippen molar-refractivity contribution in [2.24, 2.45) is 7.05 Å². The Labute approximate surface area is 255 Å². The number of hydrogen-bond acceptors (Lipinski definition) is 7. The Kier molecular flexibility index (Phi) is 6.69. The summed E-state index contributed by atoms with van der Waals surface area (Å²) < 4.78 is 11.1. The van der Waals surface area contributed by atoms with Gasteiger partial charge in [0.1, 0.15) is 11.4 Å². The van der Waals surface area contributed by atoms with E-state index >= 15 is 0 Å². The fraction of sp³-hybridized carbons (Fsp3) is 0.424. The highest BCUT2D eigenvalue weighted by Gasteiger charge is 2.32. The number of aromatic nitrogens is 4. The summed E-state index contributed by atoms with van der Waals surface area (Å²) in [6, 6.07) is 12.1. The lowest BCUT2D eigenvalue weighted by molar-refractivity contribution is -0.0735. The predicted molar refractivity (Wildman–Crippen MR) is 166 cm³/mol. The van der Waals surface area contributed by atoms with Gasteiger partial charge in [0.25, 0.3) is 11.5 Å². The molecule has 228 valence electrons. The number of aliphatic hydroxyl groups is 1. The van der Waals surface area contributed by atoms with Gasteiger partial charge in [0, 0.05) is 62.3 Å². The molecule has 3 aromatic heterocycles. The summed E-state index contributed by atoms with van der Waals surface area (Å²) in [7, 11) is 1.72. The van der Waals surface area contributed by atoms with Crippen molar-refractivity contribution in [1.29, 1.82) is 0 Å². The normalized spacial score (nSPS) is 18.5. The Hall–Kier alpha value is -4.19. The summed E-state index contributed by atoms with van der Waals surface area (Å²) in [4.78, 5) is 31.3. The van der Waals surface area contributed by atoms with Crippen LogP contribution in [0, 0.1) is 0 Å². The van der Waals surface area contributed by atoms with Gasteiger partial charge in [0.15, 0.2) is 5.82 Å². The van der Waals surface area contributed by atoms with E-state index in [9.17, 15) is 14.7 Å². The minimum absolute atomic E-state index is 0.0348. The SMILES string of the molecule is Cn1cc(-c2cccc(N3CCn4c(cc5c4CCCC5)C3=O)c2CO)cc(Nc2cc3n(n2)CCN(C2COC2)C3)c1=O. The highest BCUT2D eigenvalue weighted by atomic mass is 16.5. The zero-order valence-electron chi connectivity index (χ0n) is 25.0. The largest absolute Gasteiger partial charge is 0.392 e. The molecule has 1 saturated heterocycles. The van der Waals surface area contributed by atoms with Gasteiger partial charge in [-0.05, 0) is 55.0 Å². The molecule has 1 fully saturated rings. The fourth-order valence-corrected chi connectivity index (χ4v) is 7.31. The number of fused-ring (bicyclic) bond motifs is 4. The number of aryl methyl sites for hydroxylation is 2. The molecule has 0 unspecified atom stereocenters. The second-order valence-electron chi connectivity index (χ2n) is 12.4. The van der Waals surface area contributed by atoms with E-state index in [1.165, 1.54) is 24.1 Å². The summed E-state index contributed by atoms with van der Waals surface area (Å²) >= 11 is 0. The number of nitrogens with one attached hydrogen (secondary N) is 1. The van der Waals surface area contributed by atoms with E-state index in [1.54, 1.807) is 22.7 Å². The van der Waals surface area contributed by atoms with Crippen LogP contribution in [0.3, 0.4) is 0 Å². The monoisotopic (exact) mass is 595 g/mol. The molecule has 0 saturated carbocycles. The first kappa shape index (κ1) is 27.4. The zero-order chi connectivity index (χ0) is 29.9. The Morgan fingerprint density at radius 1 is 1.05 bits per heavy atom. The van der Waals surface area contributed by atoms with Crippen molar-refractivity contribution in [3.05, 3.63) is 81.2 Å². The average Bonchev–Trinajstić information content (AvgIpc) is 3.59. The molecule has 3 aliphatic heterocycles. The molecule has 0 bridgehead atoms. The van der Waals surface area contributed by atoms with Crippen molar-refractivity contribution in [3.63, 3.8) is 0 Å². The van der Waals surface area contributed by atoms with Gasteiger partial charge in [-0.3, -0.25) is 19.2 Å². The number of hydrogen-bond donors (Lipinski definition) is 2. The van der Waals surface area contributed by atoms with Gasteiger partial charge >= 0.3 is 0 Å². The maximum Gasteiger partial charge on any atom is 0.274 e. The number of carbonyl (C=O) groups is 1. The smallest absolute Gasteiger partial charge is 0.274 e. The van der Waals surface area contributed by atoms with Gasteiger partial charge in [-0.15, -0.1) is 0 Å². The molecule has 6 heterocycles. The van der Waals surface area contributed by atoms with E-state index in [-0.39, 0.29) is 18.1 Å². The molecule has 4 aliphatic rings. The second kappa shape index (κ2) is 10.8. The van der Waals surface area contributed by atoms with Crippen LogP contribution in [0.25, 0.3) is 11.1 Å². The van der Waals surface area contributed by atoms with Gasteiger partial charge in [-0.1, -0.05) is 12.1 Å². The quantitative estimate of drug-likeness (QED) is 0.353. The average molecular weight is 596 g/mol. The minimum Gasteiger partial charge on any atom is -0.392 e. The molecule has 8 rings (SSSR count). The third-order valence-corrected chi connectivity index (χ3v) is 9.74. The molecule has 1 aliphatic carbocycles. The number of benzene rings is 1. The van der Waals surface area contributed by atoms with Crippen molar-refractivity contribution >= 4 is 23.1 Å². The highest BCUT2D eigenvalue weighted by molar-refractivity contribution is 6.07. The standard InChI is InChI=1S/C33H37N7O4/c1-36-16-22(13-27(32(36)42)34-31-15-23-17-37(24-19-44-20-24)9-12-40(23)35-31)25-6-4-8-29(26(25)18-41)39-11-10-38-28-7-3-2-5-21(28)14-30(38)33(39)43/h4,6,8,13-16,24,41H,2-3,5,7,9-12,17-20H2,1H3,(H,34,35). The van der Waals surface area contributed by atoms with Gasteiger partial charge < -0.3 is 29.2 Å². The van der Waals surface area contributed by atoms with E-state index in [0.717, 1.165) is 74.7 Å². The number of anilines is 3. The molecule has 1 amide bonds. The van der Waals surface area contributed by atoms with Crippen LogP contribution in [0.5, 0.6) is 0 Å². The van der Waals surface area contributed by atoms with Crippen LogP contribution < -0.4 is 15.8 Å². The van der Waals surface area contributed by atoms with Crippen molar-refractivity contribution in [2.45, 2.75) is 58.0 Å². The molecular weight excluding hydrogens is 558 g/mol. The summed E-state index contributed by atoms with van der Waals surface area (Å²) in [5, 5.41) is 18.7. The van der Waals surface area contributed by atoms with E-state index in [1.807, 2.05) is 35.0 Å². The van der Waals surface area contributed by atoms with Crippen LogP contribution in [-0.4, -0.2) is 67.2 Å². The van der Waals surface area contributed by atoms with Crippen LogP contribution in [0.4, 0.5) is 17.2 Å². The first-order valence-electron chi connectivity index (χ1n) is 15.6. The lowest BCUT2D eigenvalue weighted by Crippen LogP contribution is -2.51. The summed E-state index contributed by atoms with van der Waals surface area (Å²) in [6.07, 6.45) is 6.16. The molecular formula is C33H37N7O4.